The fourth-order valence-electron chi connectivity index (χ4n) is 2.20. The number of nitrogens with two attached hydrogens (primary N) is 1. The first-order chi connectivity index (χ1) is 9.07. The molecule has 0 unspecified atom stereocenters. The van der Waals surface area contributed by atoms with Crippen LogP contribution in [0.4, 0.5) is 5.82 Å². The summed E-state index contributed by atoms with van der Waals surface area (Å²) in [4.78, 5) is 22.3. The van der Waals surface area contributed by atoms with E-state index >= 15 is 0 Å². The number of hydrogen-bond donors (Lipinski definition) is 2. The number of primary amides is 1. The van der Waals surface area contributed by atoms with E-state index in [0.29, 0.717) is 17.8 Å². The maximum absolute atomic E-state index is 11.6. The summed E-state index contributed by atoms with van der Waals surface area (Å²) in [7, 11) is 0. The lowest BCUT2D eigenvalue weighted by Crippen LogP contribution is -2.15. The van der Waals surface area contributed by atoms with Crippen LogP contribution in [-0.2, 0) is 4.79 Å². The zero-order chi connectivity index (χ0) is 14.0. The number of aromatic nitrogens is 1. The Bertz CT molecular complexity index is 630. The summed E-state index contributed by atoms with van der Waals surface area (Å²) >= 11 is 0. The molecule has 1 aromatic carbocycles. The van der Waals surface area contributed by atoms with Crippen LogP contribution in [0, 0.1) is 13.8 Å². The molecule has 0 radical (unpaired) electrons. The fraction of sp³-hybridized carbons (Fsp3) is 0.143. The van der Waals surface area contributed by atoms with Gasteiger partial charge in [0.15, 0.2) is 0 Å². The number of benzene rings is 1. The highest BCUT2D eigenvalue weighted by Crippen LogP contribution is 2.29. The average Bonchev–Trinajstić information content (AvgIpc) is 2.63. The highest BCUT2D eigenvalue weighted by molar-refractivity contribution is 6.02. The third kappa shape index (κ3) is 2.10. The van der Waals surface area contributed by atoms with Gasteiger partial charge in [-0.25, -0.2) is 0 Å². The zero-order valence-corrected chi connectivity index (χ0v) is 10.8. The molecule has 1 aromatic heterocycles. The van der Waals surface area contributed by atoms with Gasteiger partial charge < -0.3 is 11.1 Å². The van der Waals surface area contributed by atoms with Gasteiger partial charge in [-0.15, -0.1) is 0 Å². The number of para-hydroxylation sites is 1. The Balaban J connectivity index is 2.76. The van der Waals surface area contributed by atoms with E-state index in [1.54, 1.807) is 0 Å². The normalized spacial score (nSPS) is 10.2. The predicted octanol–water partition coefficient (Wildman–Crippen LogP) is 1.76. The highest BCUT2D eigenvalue weighted by atomic mass is 16.1. The second-order valence-electron chi connectivity index (χ2n) is 4.23. The van der Waals surface area contributed by atoms with Crippen LogP contribution in [0.25, 0.3) is 5.69 Å². The summed E-state index contributed by atoms with van der Waals surface area (Å²) in [5.41, 5.74) is 8.23. The number of hydrogen-bond acceptors (Lipinski definition) is 2. The van der Waals surface area contributed by atoms with E-state index in [4.69, 9.17) is 5.73 Å². The molecule has 0 aliphatic carbocycles. The van der Waals surface area contributed by atoms with Gasteiger partial charge in [0.05, 0.1) is 5.56 Å². The Hall–Kier alpha value is -2.56. The monoisotopic (exact) mass is 257 g/mol. The van der Waals surface area contributed by atoms with E-state index in [2.05, 4.69) is 5.32 Å². The molecule has 0 saturated heterocycles. The number of nitrogens with zero attached hydrogens (tertiary/aromatic N) is 1. The number of amides is 2. The molecule has 2 aromatic rings. The van der Waals surface area contributed by atoms with Crippen molar-refractivity contribution in [2.45, 2.75) is 13.8 Å². The number of carbonyl (C=O) groups excluding carboxylic acids is 2. The zero-order valence-electron chi connectivity index (χ0n) is 10.8. The second-order valence-corrected chi connectivity index (χ2v) is 4.23. The molecule has 1 heterocycles. The fourth-order valence-corrected chi connectivity index (χ4v) is 2.20. The first-order valence-corrected chi connectivity index (χ1v) is 5.85. The van der Waals surface area contributed by atoms with E-state index in [0.717, 1.165) is 16.9 Å². The summed E-state index contributed by atoms with van der Waals surface area (Å²) in [6.45, 7) is 3.69. The topological polar surface area (TPSA) is 77.1 Å². The Labute approximate surface area is 111 Å². The summed E-state index contributed by atoms with van der Waals surface area (Å²) in [6.07, 6.45) is 0.542. The van der Waals surface area contributed by atoms with E-state index in [1.165, 1.54) is 0 Å². The summed E-state index contributed by atoms with van der Waals surface area (Å²) in [6, 6.07) is 9.47. The number of carbonyl (C=O) groups is 2. The lowest BCUT2D eigenvalue weighted by atomic mass is 10.1. The quantitative estimate of drug-likeness (QED) is 0.819. The van der Waals surface area contributed by atoms with Crippen LogP contribution < -0.4 is 11.1 Å². The predicted molar refractivity (Wildman–Crippen MR) is 73.4 cm³/mol. The second kappa shape index (κ2) is 4.97. The molecule has 0 aliphatic heterocycles. The minimum Gasteiger partial charge on any atom is -0.365 e. The largest absolute Gasteiger partial charge is 0.365 e. The van der Waals surface area contributed by atoms with Crippen molar-refractivity contribution >= 4 is 18.1 Å². The van der Waals surface area contributed by atoms with Crippen LogP contribution in [0.15, 0.2) is 30.3 Å². The molecule has 0 atom stereocenters. The molecule has 0 fully saturated rings. The van der Waals surface area contributed by atoms with Crippen LogP contribution in [0.2, 0.25) is 0 Å². The van der Waals surface area contributed by atoms with Gasteiger partial charge in [0.25, 0.3) is 5.91 Å². The smallest absolute Gasteiger partial charge is 0.252 e. The molecule has 0 saturated carbocycles. The number of rotatable bonds is 4. The number of nitrogens with one attached hydrogen (secondary N) is 1. The molecule has 0 aliphatic rings. The molecule has 5 heteroatoms. The number of anilines is 1. The standard InChI is InChI=1S/C14H15N3O2/c1-9-10(2)17(11-6-4-3-5-7-11)14(16-8-18)12(9)13(15)19/h3-8H,1-2H3,(H2,15,19)(H,16,18). The molecule has 5 nitrogen and oxygen atoms in total. The van der Waals surface area contributed by atoms with E-state index in [-0.39, 0.29) is 0 Å². The Morgan fingerprint density at radius 3 is 2.42 bits per heavy atom. The van der Waals surface area contributed by atoms with Gasteiger partial charge in [-0.3, -0.25) is 14.2 Å². The van der Waals surface area contributed by atoms with Crippen LogP contribution in [0.5, 0.6) is 0 Å². The van der Waals surface area contributed by atoms with Crippen LogP contribution in [0.1, 0.15) is 21.6 Å². The van der Waals surface area contributed by atoms with Crippen molar-refractivity contribution in [2.24, 2.45) is 5.73 Å². The lowest BCUT2D eigenvalue weighted by Gasteiger charge is -2.11. The van der Waals surface area contributed by atoms with Gasteiger partial charge in [0.2, 0.25) is 6.41 Å². The minimum atomic E-state index is -0.556. The van der Waals surface area contributed by atoms with Crippen LogP contribution in [0.3, 0.4) is 0 Å². The average molecular weight is 257 g/mol. The third-order valence-corrected chi connectivity index (χ3v) is 3.17. The SMILES string of the molecule is Cc1c(C(N)=O)c(NC=O)n(-c2ccccc2)c1C. The molecule has 3 N–H and O–H groups in total. The Morgan fingerprint density at radius 1 is 1.26 bits per heavy atom. The molecule has 2 rings (SSSR count). The minimum absolute atomic E-state index is 0.341. The van der Waals surface area contributed by atoms with Crippen molar-refractivity contribution in [3.63, 3.8) is 0 Å². The molecule has 2 amide bonds. The van der Waals surface area contributed by atoms with E-state index < -0.39 is 5.91 Å². The van der Waals surface area contributed by atoms with Gasteiger partial charge in [-0.05, 0) is 31.5 Å². The molecule has 0 spiro atoms. The van der Waals surface area contributed by atoms with Crippen molar-refractivity contribution < 1.29 is 9.59 Å². The maximum atomic E-state index is 11.6. The van der Waals surface area contributed by atoms with Crippen molar-refractivity contribution in [2.75, 3.05) is 5.32 Å². The van der Waals surface area contributed by atoms with Gasteiger partial charge in [0, 0.05) is 11.4 Å². The molecule has 0 bridgehead atoms. The lowest BCUT2D eigenvalue weighted by molar-refractivity contribution is -0.105. The van der Waals surface area contributed by atoms with E-state index in [9.17, 15) is 9.59 Å². The highest BCUT2D eigenvalue weighted by Gasteiger charge is 2.21. The molecule has 19 heavy (non-hydrogen) atoms. The van der Waals surface area contributed by atoms with Crippen LogP contribution in [-0.4, -0.2) is 16.9 Å². The van der Waals surface area contributed by atoms with Crippen molar-refractivity contribution in [1.82, 2.24) is 4.57 Å². The van der Waals surface area contributed by atoms with Gasteiger partial charge >= 0.3 is 0 Å². The first-order valence-electron chi connectivity index (χ1n) is 5.85. The maximum Gasteiger partial charge on any atom is 0.252 e. The molecular formula is C14H15N3O2. The van der Waals surface area contributed by atoms with Crippen LogP contribution >= 0.6 is 0 Å². The van der Waals surface area contributed by atoms with Gasteiger partial charge in [-0.2, -0.15) is 0 Å². The van der Waals surface area contributed by atoms with Gasteiger partial charge in [0.1, 0.15) is 5.82 Å². The Morgan fingerprint density at radius 2 is 1.89 bits per heavy atom. The molecular weight excluding hydrogens is 242 g/mol. The van der Waals surface area contributed by atoms with Crippen molar-refractivity contribution in [1.29, 1.82) is 0 Å². The first kappa shape index (κ1) is 12.9. The Kier molecular flexibility index (Phi) is 3.37. The molecule has 98 valence electrons. The summed E-state index contributed by atoms with van der Waals surface area (Å²) < 4.78 is 1.81. The van der Waals surface area contributed by atoms with E-state index in [1.807, 2.05) is 48.7 Å². The summed E-state index contributed by atoms with van der Waals surface area (Å²) in [5, 5.41) is 2.57. The summed E-state index contributed by atoms with van der Waals surface area (Å²) in [5.74, 6) is -0.150. The van der Waals surface area contributed by atoms with Gasteiger partial charge in [-0.1, -0.05) is 18.2 Å². The van der Waals surface area contributed by atoms with Crippen molar-refractivity contribution in [3.8, 4) is 5.69 Å². The third-order valence-electron chi connectivity index (χ3n) is 3.17. The van der Waals surface area contributed by atoms with Crippen molar-refractivity contribution in [3.05, 3.63) is 47.2 Å².